The number of nitrogens with two attached hydrogens (primary N) is 3. The Balaban J connectivity index is 1.56. The van der Waals surface area contributed by atoms with Gasteiger partial charge in [-0.3, -0.25) is 24.0 Å². The van der Waals surface area contributed by atoms with Crippen LogP contribution in [0.4, 0.5) is 0 Å². The summed E-state index contributed by atoms with van der Waals surface area (Å²) in [5.74, 6) is -2.05. The molecule has 1 unspecified atom stereocenters. The van der Waals surface area contributed by atoms with Crippen LogP contribution in [0, 0.1) is 25.2 Å². The first kappa shape index (κ1) is 53.0. The highest BCUT2D eigenvalue weighted by Gasteiger charge is 2.37. The van der Waals surface area contributed by atoms with Crippen LogP contribution in [-0.2, 0) is 36.4 Å². The number of benzene rings is 3. The normalized spacial score (nSPS) is 16.7. The van der Waals surface area contributed by atoms with Crippen molar-refractivity contribution in [1.29, 1.82) is 5.26 Å². The Morgan fingerprint density at radius 3 is 1.99 bits per heavy atom. The third-order valence-electron chi connectivity index (χ3n) is 12.1. The van der Waals surface area contributed by atoms with Crippen LogP contribution in [0.3, 0.4) is 0 Å². The number of carbonyl (C=O) groups is 5. The lowest BCUT2D eigenvalue weighted by atomic mass is 9.80. The quantitative estimate of drug-likeness (QED) is 0.0797. The molecule has 1 aromatic heterocycles. The van der Waals surface area contributed by atoms with E-state index in [0.717, 1.165) is 5.56 Å². The summed E-state index contributed by atoms with van der Waals surface area (Å²) >= 11 is 0. The first-order valence-corrected chi connectivity index (χ1v) is 23.1. The van der Waals surface area contributed by atoms with E-state index in [1.807, 2.05) is 19.9 Å². The highest BCUT2D eigenvalue weighted by molar-refractivity contribution is 6.00. The van der Waals surface area contributed by atoms with Crippen molar-refractivity contribution in [2.75, 3.05) is 46.4 Å². The summed E-state index contributed by atoms with van der Waals surface area (Å²) in [6.45, 7) is 15.8. The number of nitrogens with zero attached hydrogens (tertiary/aromatic N) is 4. The molecule has 5 rings (SSSR count). The van der Waals surface area contributed by atoms with Gasteiger partial charge in [-0.2, -0.15) is 5.26 Å². The molecule has 18 nitrogen and oxygen atoms in total. The number of ether oxygens (including phenoxy) is 2. The van der Waals surface area contributed by atoms with E-state index in [1.54, 1.807) is 50.2 Å². The number of carbonyl (C=O) groups excluding carboxylic acids is 5. The Morgan fingerprint density at radius 2 is 1.42 bits per heavy atom. The Labute approximate surface area is 404 Å². The van der Waals surface area contributed by atoms with E-state index in [-0.39, 0.29) is 63.2 Å². The zero-order valence-corrected chi connectivity index (χ0v) is 41.1. The van der Waals surface area contributed by atoms with Gasteiger partial charge in [0, 0.05) is 43.1 Å². The van der Waals surface area contributed by atoms with Crippen molar-refractivity contribution in [3.05, 3.63) is 106 Å². The van der Waals surface area contributed by atoms with Gasteiger partial charge < -0.3 is 52.8 Å². The van der Waals surface area contributed by atoms with Crippen molar-refractivity contribution in [1.82, 2.24) is 36.1 Å². The first-order valence-electron chi connectivity index (χ1n) is 23.1. The zero-order valence-electron chi connectivity index (χ0n) is 41.1. The van der Waals surface area contributed by atoms with Gasteiger partial charge in [-0.1, -0.05) is 57.2 Å². The third kappa shape index (κ3) is 12.6. The van der Waals surface area contributed by atoms with Crippen molar-refractivity contribution in [2.24, 2.45) is 17.2 Å². The molecule has 69 heavy (non-hydrogen) atoms. The number of nitriles is 1. The minimum atomic E-state index is -1.41. The highest BCUT2D eigenvalue weighted by Crippen LogP contribution is 2.40. The lowest BCUT2D eigenvalue weighted by Gasteiger charge is -2.33. The number of hydrogen-bond acceptors (Lipinski definition) is 13. The molecule has 0 fully saturated rings. The number of amides is 5. The Morgan fingerprint density at radius 1 is 0.841 bits per heavy atom. The second-order valence-corrected chi connectivity index (χ2v) is 18.7. The highest BCUT2D eigenvalue weighted by atomic mass is 16.5. The lowest BCUT2D eigenvalue weighted by Crippen LogP contribution is -2.56. The van der Waals surface area contributed by atoms with Crippen molar-refractivity contribution in [3.63, 3.8) is 0 Å². The van der Waals surface area contributed by atoms with Gasteiger partial charge in [0.15, 0.2) is 0 Å². The monoisotopic (exact) mass is 946 g/mol. The van der Waals surface area contributed by atoms with E-state index in [9.17, 15) is 29.2 Å². The van der Waals surface area contributed by atoms with Gasteiger partial charge in [-0.05, 0) is 99.5 Å². The molecule has 18 heteroatoms. The van der Waals surface area contributed by atoms with Gasteiger partial charge in [-0.15, -0.1) is 0 Å². The Hall–Kier alpha value is -6.94. The molecule has 1 aliphatic heterocycles. The van der Waals surface area contributed by atoms with Gasteiger partial charge >= 0.3 is 0 Å². The minimum absolute atomic E-state index is 0.000170. The molecule has 4 atom stereocenters. The van der Waals surface area contributed by atoms with Crippen molar-refractivity contribution >= 4 is 29.5 Å². The number of aryl methyl sites for hydroxylation is 2. The van der Waals surface area contributed by atoms with Crippen LogP contribution in [-0.4, -0.2) is 109 Å². The van der Waals surface area contributed by atoms with Crippen LogP contribution in [0.25, 0.3) is 11.1 Å². The minimum Gasteiger partial charge on any atom is -0.492 e. The number of likely N-dealkylation sites (N-methyl/N-ethyl adjacent to an activating group) is 1. The van der Waals surface area contributed by atoms with Gasteiger partial charge in [0.2, 0.25) is 23.6 Å². The van der Waals surface area contributed by atoms with Crippen LogP contribution in [0.2, 0.25) is 0 Å². The predicted octanol–water partition coefficient (Wildman–Crippen LogP) is 2.89. The Kier molecular flexibility index (Phi) is 17.6. The molecule has 0 saturated carbocycles. The summed E-state index contributed by atoms with van der Waals surface area (Å²) in [5.41, 5.74) is 22.2. The summed E-state index contributed by atoms with van der Waals surface area (Å²) < 4.78 is 12.2. The van der Waals surface area contributed by atoms with E-state index in [1.165, 1.54) is 24.4 Å². The zero-order chi connectivity index (χ0) is 50.8. The predicted molar refractivity (Wildman–Crippen MR) is 262 cm³/mol. The fraction of sp³-hybridized carbons (Fsp3) is 0.451. The molecule has 1 aliphatic rings. The molecule has 0 spiro atoms. The maximum atomic E-state index is 14.8. The molecule has 3 aromatic carbocycles. The van der Waals surface area contributed by atoms with E-state index < -0.39 is 59.1 Å². The number of aromatic nitrogens is 2. The van der Waals surface area contributed by atoms with Crippen LogP contribution >= 0.6 is 0 Å². The van der Waals surface area contributed by atoms with Gasteiger partial charge in [0.1, 0.15) is 61.2 Å². The molecular formula is C51H67N11O7. The third-order valence-corrected chi connectivity index (χ3v) is 12.1. The second-order valence-electron chi connectivity index (χ2n) is 18.7. The number of nitrogens with one attached hydrogen (secondary N) is 4. The largest absolute Gasteiger partial charge is 0.492 e. The summed E-state index contributed by atoms with van der Waals surface area (Å²) in [4.78, 5) is 81.7. The molecule has 4 aromatic rings. The van der Waals surface area contributed by atoms with Crippen molar-refractivity contribution < 1.29 is 33.4 Å². The molecule has 10 N–H and O–H groups in total. The molecule has 368 valence electrons. The van der Waals surface area contributed by atoms with Crippen LogP contribution in [0.15, 0.2) is 60.7 Å². The maximum absolute atomic E-state index is 14.8. The second kappa shape index (κ2) is 22.9. The molecule has 2 heterocycles. The fourth-order valence-corrected chi connectivity index (χ4v) is 8.20. The molecule has 0 aliphatic carbocycles. The molecule has 0 radical (unpaired) electrons. The molecule has 0 saturated heterocycles. The average Bonchev–Trinajstić information content (AvgIpc) is 3.30. The van der Waals surface area contributed by atoms with Crippen LogP contribution < -0.4 is 47.9 Å². The fourth-order valence-electron chi connectivity index (χ4n) is 8.20. The van der Waals surface area contributed by atoms with Gasteiger partial charge in [-0.25, -0.2) is 9.97 Å². The van der Waals surface area contributed by atoms with E-state index in [4.69, 9.17) is 36.6 Å². The summed E-state index contributed by atoms with van der Waals surface area (Å²) in [7, 11) is 1.42. The number of rotatable bonds is 16. The molecule has 4 bridgehead atoms. The van der Waals surface area contributed by atoms with Crippen LogP contribution in [0.1, 0.15) is 104 Å². The maximum Gasteiger partial charge on any atom is 0.255 e. The van der Waals surface area contributed by atoms with Crippen molar-refractivity contribution in [2.45, 2.75) is 103 Å². The van der Waals surface area contributed by atoms with E-state index in [2.05, 4.69) is 66.3 Å². The topological polar surface area (TPSA) is 283 Å². The summed E-state index contributed by atoms with van der Waals surface area (Å²) in [6.07, 6.45) is -0.00212. The molecule has 5 amide bonds. The SMILES string of the molecule is Cc1nc(C(C)(C)c2ccc(C(C)(C)C)cc2)nc(C)c1C(=O)NC(CCN)C(=O)N(C)[C@@H]1C(=O)N[C@@H](C)C(=O)N[C@H](C(=O)NCC#N)Cc2ccc(OCCN)c(c2)-c2cc1ccc2OCCN. The Bertz CT molecular complexity index is 2550. The number of fused-ring (bicyclic) bond motifs is 5. The van der Waals surface area contributed by atoms with Gasteiger partial charge in [0.25, 0.3) is 5.91 Å². The van der Waals surface area contributed by atoms with E-state index in [0.29, 0.717) is 51.0 Å². The first-order chi connectivity index (χ1) is 32.7. The van der Waals surface area contributed by atoms with Gasteiger partial charge in [0.05, 0.1) is 23.0 Å². The standard InChI is InChI=1S/C51H67N11O7/c1-29-42(30(2)59-49(58-29)51(7,8)35-14-12-34(13-15-35)50(4,5)6)46(65)60-38(18-19-52)48(67)62(9)43-33-11-17-41(69-25-22-55)37(28-33)36-26-32(10-16-40(36)68-24-21-54)27-39(45(64)56-23-20-53)61-44(63)31(3)57-47(43)66/h10-17,26,28,31,38-39,43H,18-19,21-25,27,52,54-55H2,1-9H3,(H,56,64)(H,57,66)(H,60,65)(H,61,63)/t31-,38?,39-,43-/m0/s1. The number of hydrogen-bond donors (Lipinski definition) is 7. The lowest BCUT2D eigenvalue weighted by molar-refractivity contribution is -0.141. The smallest absolute Gasteiger partial charge is 0.255 e. The average molecular weight is 946 g/mol. The molecular weight excluding hydrogens is 879 g/mol. The van der Waals surface area contributed by atoms with Crippen LogP contribution in [0.5, 0.6) is 11.5 Å². The summed E-state index contributed by atoms with van der Waals surface area (Å²) in [6, 6.07) is 15.4. The van der Waals surface area contributed by atoms with E-state index >= 15 is 0 Å². The summed E-state index contributed by atoms with van der Waals surface area (Å²) in [5, 5.41) is 20.0. The van der Waals surface area contributed by atoms with Crippen molar-refractivity contribution in [3.8, 4) is 28.7 Å².